The van der Waals surface area contributed by atoms with E-state index in [0.29, 0.717) is 26.1 Å². The van der Waals surface area contributed by atoms with Gasteiger partial charge in [-0.05, 0) is 31.7 Å². The Hall–Kier alpha value is -1.56. The number of ether oxygens (including phenoxy) is 1. The molecule has 0 aliphatic heterocycles. The summed E-state index contributed by atoms with van der Waals surface area (Å²) < 4.78 is 4.92. The van der Waals surface area contributed by atoms with E-state index in [2.05, 4.69) is 47.0 Å². The standard InChI is InChI=1S/C17H29N3O2S/c1-5-18-16(19-11-7-10-15(21)22-6-2)20-13-17(3,4)14-9-8-12-23-14/h8-9,12H,5-7,10-11,13H2,1-4H3,(H2,18,19,20). The summed E-state index contributed by atoms with van der Waals surface area (Å²) in [6, 6.07) is 4.23. The molecule has 1 heterocycles. The smallest absolute Gasteiger partial charge is 0.305 e. The van der Waals surface area contributed by atoms with Crippen LogP contribution in [0.3, 0.4) is 0 Å². The van der Waals surface area contributed by atoms with Crippen molar-refractivity contribution in [2.45, 2.75) is 46.0 Å². The zero-order chi connectivity index (χ0) is 17.1. The van der Waals surface area contributed by atoms with Crippen molar-refractivity contribution in [2.75, 3.05) is 26.2 Å². The molecule has 5 nitrogen and oxygen atoms in total. The SMILES string of the molecule is CCNC(=NCC(C)(C)c1cccs1)NCCCC(=O)OCC. The van der Waals surface area contributed by atoms with Crippen molar-refractivity contribution in [3.63, 3.8) is 0 Å². The number of aliphatic imine (C=N–C) groups is 1. The second-order valence-corrected chi connectivity index (χ2v) is 6.84. The molecule has 0 atom stereocenters. The van der Waals surface area contributed by atoms with Gasteiger partial charge < -0.3 is 15.4 Å². The van der Waals surface area contributed by atoms with Crippen LogP contribution in [0, 0.1) is 0 Å². The molecule has 0 fully saturated rings. The second-order valence-electron chi connectivity index (χ2n) is 5.89. The largest absolute Gasteiger partial charge is 0.466 e. The fraction of sp³-hybridized carbons (Fsp3) is 0.647. The van der Waals surface area contributed by atoms with Crippen molar-refractivity contribution in [1.29, 1.82) is 0 Å². The number of nitrogens with one attached hydrogen (secondary N) is 2. The molecule has 0 unspecified atom stereocenters. The lowest BCUT2D eigenvalue weighted by atomic mass is 9.92. The van der Waals surface area contributed by atoms with Crippen molar-refractivity contribution >= 4 is 23.3 Å². The Bertz CT molecular complexity index is 484. The van der Waals surface area contributed by atoms with Crippen LogP contribution >= 0.6 is 11.3 Å². The summed E-state index contributed by atoms with van der Waals surface area (Å²) in [5, 5.41) is 8.61. The van der Waals surface area contributed by atoms with E-state index < -0.39 is 0 Å². The molecule has 2 N–H and O–H groups in total. The highest BCUT2D eigenvalue weighted by molar-refractivity contribution is 7.10. The van der Waals surface area contributed by atoms with Crippen molar-refractivity contribution < 1.29 is 9.53 Å². The van der Waals surface area contributed by atoms with Crippen molar-refractivity contribution in [2.24, 2.45) is 4.99 Å². The molecule has 0 aliphatic rings. The van der Waals surface area contributed by atoms with Crippen molar-refractivity contribution in [1.82, 2.24) is 10.6 Å². The van der Waals surface area contributed by atoms with E-state index in [1.165, 1.54) is 4.88 Å². The van der Waals surface area contributed by atoms with E-state index in [9.17, 15) is 4.79 Å². The number of rotatable bonds is 9. The maximum Gasteiger partial charge on any atom is 0.305 e. The van der Waals surface area contributed by atoms with Crippen LogP contribution in [0.4, 0.5) is 0 Å². The van der Waals surface area contributed by atoms with Gasteiger partial charge in [-0.15, -0.1) is 11.3 Å². The number of carbonyl (C=O) groups is 1. The summed E-state index contributed by atoms with van der Waals surface area (Å²) in [6.07, 6.45) is 1.17. The fourth-order valence-corrected chi connectivity index (χ4v) is 2.88. The number of hydrogen-bond acceptors (Lipinski definition) is 4. The van der Waals surface area contributed by atoms with Crippen LogP contribution in [0.1, 0.15) is 45.4 Å². The van der Waals surface area contributed by atoms with Crippen molar-refractivity contribution in [3.05, 3.63) is 22.4 Å². The molecule has 1 aromatic heterocycles. The van der Waals surface area contributed by atoms with E-state index in [0.717, 1.165) is 18.9 Å². The van der Waals surface area contributed by atoms with E-state index >= 15 is 0 Å². The number of nitrogens with zero attached hydrogens (tertiary/aromatic N) is 1. The minimum Gasteiger partial charge on any atom is -0.466 e. The maximum absolute atomic E-state index is 11.3. The number of carbonyl (C=O) groups excluding carboxylic acids is 1. The first kappa shape index (κ1) is 19.5. The first-order chi connectivity index (χ1) is 11.0. The van der Waals surface area contributed by atoms with Crippen LogP contribution in [-0.4, -0.2) is 38.2 Å². The van der Waals surface area contributed by atoms with Gasteiger partial charge in [0, 0.05) is 29.8 Å². The Morgan fingerprint density at radius 2 is 2.13 bits per heavy atom. The molecule has 6 heteroatoms. The summed E-state index contributed by atoms with van der Waals surface area (Å²) in [4.78, 5) is 17.3. The molecule has 0 bridgehead atoms. The van der Waals surface area contributed by atoms with Crippen LogP contribution < -0.4 is 10.6 Å². The van der Waals surface area contributed by atoms with Gasteiger partial charge in [0.05, 0.1) is 13.2 Å². The monoisotopic (exact) mass is 339 g/mol. The van der Waals surface area contributed by atoms with Gasteiger partial charge in [0.15, 0.2) is 5.96 Å². The molecule has 23 heavy (non-hydrogen) atoms. The van der Waals surface area contributed by atoms with E-state index in [1.807, 2.05) is 13.8 Å². The topological polar surface area (TPSA) is 62.7 Å². The van der Waals surface area contributed by atoms with E-state index in [4.69, 9.17) is 4.74 Å². The predicted octanol–water partition coefficient (Wildman–Crippen LogP) is 2.92. The molecular weight excluding hydrogens is 310 g/mol. The Morgan fingerprint density at radius 1 is 1.35 bits per heavy atom. The molecule has 0 aromatic carbocycles. The molecular formula is C17H29N3O2S. The highest BCUT2D eigenvalue weighted by Crippen LogP contribution is 2.27. The number of esters is 1. The van der Waals surface area contributed by atoms with Crippen LogP contribution in [-0.2, 0) is 14.9 Å². The van der Waals surface area contributed by atoms with Gasteiger partial charge in [0.2, 0.25) is 0 Å². The summed E-state index contributed by atoms with van der Waals surface area (Å²) in [5.74, 6) is 0.649. The first-order valence-electron chi connectivity index (χ1n) is 8.21. The van der Waals surface area contributed by atoms with Crippen LogP contribution in [0.15, 0.2) is 22.5 Å². The molecule has 0 spiro atoms. The molecule has 1 rings (SSSR count). The number of guanidine groups is 1. The predicted molar refractivity (Wildman–Crippen MR) is 97.2 cm³/mol. The fourth-order valence-electron chi connectivity index (χ4n) is 2.03. The lowest BCUT2D eigenvalue weighted by molar-refractivity contribution is -0.143. The van der Waals surface area contributed by atoms with Crippen LogP contribution in [0.25, 0.3) is 0 Å². The third-order valence-electron chi connectivity index (χ3n) is 3.32. The minimum absolute atomic E-state index is 0.0153. The summed E-state index contributed by atoms with van der Waals surface area (Å²) >= 11 is 1.76. The molecule has 0 amide bonds. The molecule has 130 valence electrons. The van der Waals surface area contributed by atoms with E-state index in [-0.39, 0.29) is 11.4 Å². The quantitative estimate of drug-likeness (QED) is 0.314. The van der Waals surface area contributed by atoms with Gasteiger partial charge in [-0.1, -0.05) is 19.9 Å². The number of thiophene rings is 1. The number of hydrogen-bond donors (Lipinski definition) is 2. The summed E-state index contributed by atoms with van der Waals surface area (Å²) in [6.45, 7) is 10.9. The average Bonchev–Trinajstić information content (AvgIpc) is 3.04. The Kier molecular flexibility index (Phi) is 8.69. The third-order valence-corrected chi connectivity index (χ3v) is 4.56. The summed E-state index contributed by atoms with van der Waals surface area (Å²) in [5.41, 5.74) is 0.0153. The molecule has 0 saturated heterocycles. The first-order valence-corrected chi connectivity index (χ1v) is 9.09. The molecule has 0 saturated carbocycles. The van der Waals surface area contributed by atoms with Crippen LogP contribution in [0.2, 0.25) is 0 Å². The molecule has 1 aromatic rings. The summed E-state index contributed by atoms with van der Waals surface area (Å²) in [7, 11) is 0. The van der Waals surface area contributed by atoms with Gasteiger partial charge in [0.1, 0.15) is 0 Å². The zero-order valence-electron chi connectivity index (χ0n) is 14.6. The Balaban J connectivity index is 2.45. The average molecular weight is 340 g/mol. The molecule has 0 aliphatic carbocycles. The maximum atomic E-state index is 11.3. The second kappa shape index (κ2) is 10.3. The zero-order valence-corrected chi connectivity index (χ0v) is 15.5. The molecule has 0 radical (unpaired) electrons. The normalized spacial score (nSPS) is 12.1. The highest BCUT2D eigenvalue weighted by atomic mass is 32.1. The van der Waals surface area contributed by atoms with Gasteiger partial charge in [-0.2, -0.15) is 0 Å². The van der Waals surface area contributed by atoms with E-state index in [1.54, 1.807) is 11.3 Å². The van der Waals surface area contributed by atoms with Gasteiger partial charge in [0.25, 0.3) is 0 Å². The lowest BCUT2D eigenvalue weighted by Gasteiger charge is -2.21. The Morgan fingerprint density at radius 3 is 2.74 bits per heavy atom. The van der Waals surface area contributed by atoms with Crippen LogP contribution in [0.5, 0.6) is 0 Å². The Labute approximate surface area is 143 Å². The highest BCUT2D eigenvalue weighted by Gasteiger charge is 2.21. The van der Waals surface area contributed by atoms with Gasteiger partial charge >= 0.3 is 5.97 Å². The lowest BCUT2D eigenvalue weighted by Crippen LogP contribution is -2.39. The minimum atomic E-state index is -0.143. The third kappa shape index (κ3) is 7.50. The van der Waals surface area contributed by atoms with Gasteiger partial charge in [-0.25, -0.2) is 0 Å². The van der Waals surface area contributed by atoms with Gasteiger partial charge in [-0.3, -0.25) is 9.79 Å². The van der Waals surface area contributed by atoms with Crippen molar-refractivity contribution in [3.8, 4) is 0 Å².